The fourth-order valence-corrected chi connectivity index (χ4v) is 12.5. The van der Waals surface area contributed by atoms with Crippen molar-refractivity contribution >= 4 is 117 Å². The molecule has 0 aliphatic rings. The molecule has 16 rings (SSSR count). The van der Waals surface area contributed by atoms with Crippen molar-refractivity contribution in [2.45, 2.75) is 0 Å². The van der Waals surface area contributed by atoms with Crippen LogP contribution < -0.4 is 14.7 Å². The number of fused-ring (bicyclic) bond motifs is 9. The van der Waals surface area contributed by atoms with Crippen molar-refractivity contribution in [3.63, 3.8) is 0 Å². The minimum Gasteiger partial charge on any atom is -0.310 e. The van der Waals surface area contributed by atoms with Gasteiger partial charge in [-0.1, -0.05) is 182 Å². The second-order valence-corrected chi connectivity index (χ2v) is 21.1. The lowest BCUT2D eigenvalue weighted by Crippen LogP contribution is -2.16. The van der Waals surface area contributed by atoms with Gasteiger partial charge >= 0.3 is 0 Å². The summed E-state index contributed by atoms with van der Waals surface area (Å²) in [5.41, 5.74) is 15.4. The first-order valence-electron chi connectivity index (χ1n) is 28.4. The summed E-state index contributed by atoms with van der Waals surface area (Å²) < 4.78 is 6.98. The van der Waals surface area contributed by atoms with Crippen LogP contribution in [0, 0.1) is 0 Å². The van der Waals surface area contributed by atoms with Crippen LogP contribution in [0.1, 0.15) is 0 Å². The zero-order chi connectivity index (χ0) is 55.5. The number of benzene rings is 12. The Hall–Kier alpha value is -11.5. The highest BCUT2D eigenvalue weighted by Gasteiger charge is 2.26. The van der Waals surface area contributed by atoms with Crippen LogP contribution in [0.25, 0.3) is 82.9 Å². The molecule has 0 saturated heterocycles. The van der Waals surface area contributed by atoms with Gasteiger partial charge in [-0.15, -0.1) is 0 Å². The van der Waals surface area contributed by atoms with Crippen molar-refractivity contribution in [1.82, 2.24) is 23.7 Å². The van der Waals surface area contributed by atoms with E-state index in [2.05, 4.69) is 344 Å². The Kier molecular flexibility index (Phi) is 11.7. The summed E-state index contributed by atoms with van der Waals surface area (Å²) in [6.45, 7) is 0. The van der Waals surface area contributed by atoms with Crippen LogP contribution in [-0.4, -0.2) is 23.7 Å². The van der Waals surface area contributed by atoms with Crippen LogP contribution in [0.5, 0.6) is 0 Å². The quantitative estimate of drug-likeness (QED) is 0.122. The predicted molar refractivity (Wildman–Crippen MR) is 349 cm³/mol. The first-order chi connectivity index (χ1) is 41.7. The minimum absolute atomic E-state index is 0.523. The molecule has 0 aliphatic carbocycles. The molecule has 0 fully saturated rings. The summed E-state index contributed by atoms with van der Waals surface area (Å²) in [5.74, 6) is 1.93. The van der Waals surface area contributed by atoms with E-state index in [9.17, 15) is 0 Å². The number of rotatable bonds is 12. The monoisotopic (exact) mass is 1080 g/mol. The van der Waals surface area contributed by atoms with Gasteiger partial charge in [0.15, 0.2) is 0 Å². The van der Waals surface area contributed by atoms with Crippen molar-refractivity contribution in [3.8, 4) is 17.5 Å². The molecule has 0 amide bonds. The van der Waals surface area contributed by atoms with Crippen LogP contribution in [-0.2, 0) is 0 Å². The SMILES string of the molecule is c1ccc(N(c2ccccc2)c2ccc3c4ccccc4n(-c4cc(N(c5ccccc5)c5ccc6c7ccccc7n(-c7ccccc7)c6c5)nc(-n5c6ccccc6c6ccc(N(c7ccccc7)c7ccccc7)cc65)n4)c3c2)cc1. The van der Waals surface area contributed by atoms with E-state index >= 15 is 0 Å². The summed E-state index contributed by atoms with van der Waals surface area (Å²) in [4.78, 5) is 18.6. The van der Waals surface area contributed by atoms with Gasteiger partial charge in [0.1, 0.15) is 11.6 Å². The molecule has 8 heteroatoms. The summed E-state index contributed by atoms with van der Waals surface area (Å²) in [5, 5.41) is 6.77. The first kappa shape index (κ1) is 48.4. The van der Waals surface area contributed by atoms with Crippen molar-refractivity contribution in [2.24, 2.45) is 0 Å². The Balaban J connectivity index is 0.998. The topological polar surface area (TPSA) is 50.3 Å². The van der Waals surface area contributed by atoms with Crippen LogP contribution in [0.15, 0.2) is 315 Å². The van der Waals surface area contributed by atoms with Gasteiger partial charge < -0.3 is 14.4 Å². The number of para-hydroxylation sites is 9. The van der Waals surface area contributed by atoms with Gasteiger partial charge in [0.25, 0.3) is 0 Å². The Morgan fingerprint density at radius 2 is 0.524 bits per heavy atom. The highest BCUT2D eigenvalue weighted by molar-refractivity contribution is 6.13. The number of anilines is 9. The summed E-state index contributed by atoms with van der Waals surface area (Å²) in [7, 11) is 0. The zero-order valence-corrected chi connectivity index (χ0v) is 45.6. The van der Waals surface area contributed by atoms with E-state index in [1.165, 1.54) is 5.39 Å². The number of nitrogens with zero attached hydrogens (tertiary/aromatic N) is 8. The molecule has 0 radical (unpaired) electrons. The lowest BCUT2D eigenvalue weighted by atomic mass is 10.1. The van der Waals surface area contributed by atoms with Crippen LogP contribution in [0.4, 0.5) is 51.3 Å². The van der Waals surface area contributed by atoms with Gasteiger partial charge in [0.2, 0.25) is 5.95 Å². The molecule has 0 atom stereocenters. The van der Waals surface area contributed by atoms with E-state index in [1.807, 2.05) is 0 Å². The second kappa shape index (κ2) is 20.3. The van der Waals surface area contributed by atoms with Crippen LogP contribution >= 0.6 is 0 Å². The predicted octanol–water partition coefficient (Wildman–Crippen LogP) is 20.2. The van der Waals surface area contributed by atoms with Crippen molar-refractivity contribution in [1.29, 1.82) is 0 Å². The smallest absolute Gasteiger partial charge is 0.238 e. The average Bonchev–Trinajstić information content (AvgIpc) is 3.46. The van der Waals surface area contributed by atoms with Gasteiger partial charge in [-0.25, -0.2) is 0 Å². The van der Waals surface area contributed by atoms with Gasteiger partial charge in [0.05, 0.1) is 33.1 Å². The molecule has 16 aromatic rings. The molecule has 0 spiro atoms. The normalized spacial score (nSPS) is 11.6. The number of hydrogen-bond donors (Lipinski definition) is 0. The third-order valence-corrected chi connectivity index (χ3v) is 16.2. The summed E-state index contributed by atoms with van der Waals surface area (Å²) >= 11 is 0. The number of aromatic nitrogens is 5. The molecule has 8 nitrogen and oxygen atoms in total. The lowest BCUT2D eigenvalue weighted by molar-refractivity contribution is 0.941. The van der Waals surface area contributed by atoms with Crippen LogP contribution in [0.2, 0.25) is 0 Å². The molecule has 4 heterocycles. The fraction of sp³-hybridized carbons (Fsp3) is 0. The van der Waals surface area contributed by atoms with Gasteiger partial charge in [-0.05, 0) is 127 Å². The largest absolute Gasteiger partial charge is 0.310 e. The second-order valence-electron chi connectivity index (χ2n) is 21.1. The number of hydrogen-bond acceptors (Lipinski definition) is 5. The maximum atomic E-state index is 5.86. The molecule has 84 heavy (non-hydrogen) atoms. The van der Waals surface area contributed by atoms with E-state index < -0.39 is 0 Å². The average molecular weight is 1080 g/mol. The van der Waals surface area contributed by atoms with Crippen LogP contribution in [0.3, 0.4) is 0 Å². The van der Waals surface area contributed by atoms with E-state index in [1.54, 1.807) is 0 Å². The van der Waals surface area contributed by atoms with Gasteiger partial charge in [0, 0.05) is 89.6 Å². The molecular weight excluding hydrogens is 1020 g/mol. The Bertz CT molecular complexity index is 4780. The Labute approximate surface area is 485 Å². The Morgan fingerprint density at radius 3 is 0.952 bits per heavy atom. The molecule has 0 bridgehead atoms. The molecule has 0 unspecified atom stereocenters. The molecule has 396 valence electrons. The molecular formula is C76H52N8. The lowest BCUT2D eigenvalue weighted by Gasteiger charge is -2.26. The molecule has 0 aliphatic heterocycles. The van der Waals surface area contributed by atoms with E-state index in [0.29, 0.717) is 17.6 Å². The fourth-order valence-electron chi connectivity index (χ4n) is 12.5. The minimum atomic E-state index is 0.523. The zero-order valence-electron chi connectivity index (χ0n) is 45.6. The van der Waals surface area contributed by atoms with Crippen molar-refractivity contribution < 1.29 is 0 Å². The van der Waals surface area contributed by atoms with Crippen molar-refractivity contribution in [3.05, 3.63) is 315 Å². The van der Waals surface area contributed by atoms with Gasteiger partial charge in [-0.2, -0.15) is 9.97 Å². The van der Waals surface area contributed by atoms with Crippen molar-refractivity contribution in [2.75, 3.05) is 14.7 Å². The summed E-state index contributed by atoms with van der Waals surface area (Å²) in [6, 6.07) is 112. The highest BCUT2D eigenvalue weighted by atomic mass is 15.3. The summed E-state index contributed by atoms with van der Waals surface area (Å²) in [6.07, 6.45) is 0. The maximum Gasteiger partial charge on any atom is 0.238 e. The Morgan fingerprint density at radius 1 is 0.214 bits per heavy atom. The molecule has 4 aromatic heterocycles. The van der Waals surface area contributed by atoms with Gasteiger partial charge in [-0.3, -0.25) is 14.0 Å². The van der Waals surface area contributed by atoms with E-state index in [0.717, 1.165) is 111 Å². The highest BCUT2D eigenvalue weighted by Crippen LogP contribution is 2.45. The third-order valence-electron chi connectivity index (χ3n) is 16.2. The van der Waals surface area contributed by atoms with E-state index in [-0.39, 0.29) is 0 Å². The first-order valence-corrected chi connectivity index (χ1v) is 28.4. The third kappa shape index (κ3) is 8.15. The van der Waals surface area contributed by atoms with E-state index in [4.69, 9.17) is 9.97 Å². The standard InChI is InChI=1S/C76H52N8/c1-7-25-53(26-8-1)79(54-27-9-2-10-28-54)59-43-46-66-63-38-20-23-41-69(63)83(72(66)49-59)75-52-74(81(57-33-15-5-16-34-57)61-45-48-65-62-37-19-22-40-68(62)82(71(65)51-61)58-35-17-6-18-36-58)77-76(78-75)84-70-42-24-21-39-64(70)67-47-44-60(50-73(67)84)80(55-29-11-3-12-30-55)56-31-13-4-14-32-56/h1-52H. The molecule has 0 saturated carbocycles. The maximum absolute atomic E-state index is 5.86. The molecule has 0 N–H and O–H groups in total. The molecule has 12 aromatic carbocycles.